The van der Waals surface area contributed by atoms with Crippen molar-refractivity contribution in [3.05, 3.63) is 150 Å². The minimum absolute atomic E-state index is 0.408. The summed E-state index contributed by atoms with van der Waals surface area (Å²) in [5, 5.41) is 5.04. The maximum absolute atomic E-state index is 3.72. The molecule has 1 aliphatic rings. The van der Waals surface area contributed by atoms with Gasteiger partial charge in [0.25, 0.3) is 0 Å². The third kappa shape index (κ3) is 2.93. The zero-order valence-electron chi connectivity index (χ0n) is 22.6. The molecule has 3 nitrogen and oxygen atoms in total. The molecule has 1 unspecified atom stereocenters. The second-order valence-corrected chi connectivity index (χ2v) is 11.3. The van der Waals surface area contributed by atoms with Gasteiger partial charge in [0.2, 0.25) is 0 Å². The molecule has 3 heterocycles. The lowest BCUT2D eigenvalue weighted by Gasteiger charge is -2.45. The van der Waals surface area contributed by atoms with Crippen LogP contribution in [0.2, 0.25) is 0 Å². The Morgan fingerprint density at radius 3 is 1.78 bits per heavy atom. The van der Waals surface area contributed by atoms with E-state index in [9.17, 15) is 0 Å². The molecule has 0 fully saturated rings. The number of para-hydroxylation sites is 3. The average molecular weight is 526 g/mol. The number of hydrogen-bond donors (Lipinski definition) is 2. The Hall–Kier alpha value is -5.28. The highest BCUT2D eigenvalue weighted by Gasteiger charge is 2.44. The average Bonchev–Trinajstić information content (AvgIpc) is 3.60. The van der Waals surface area contributed by atoms with Gasteiger partial charge in [-0.3, -0.25) is 0 Å². The van der Waals surface area contributed by atoms with Crippen molar-refractivity contribution in [1.29, 1.82) is 0 Å². The molecule has 0 aliphatic carbocycles. The van der Waals surface area contributed by atoms with Gasteiger partial charge in [-0.05, 0) is 60.5 Å². The summed E-state index contributed by atoms with van der Waals surface area (Å²) in [7, 11) is 0. The zero-order valence-corrected chi connectivity index (χ0v) is 22.6. The predicted molar refractivity (Wildman–Crippen MR) is 172 cm³/mol. The van der Waals surface area contributed by atoms with Crippen LogP contribution in [-0.2, 0) is 5.41 Å². The van der Waals surface area contributed by atoms with Crippen LogP contribution in [0.5, 0.6) is 0 Å². The Balaban J connectivity index is 1.54. The molecule has 0 spiro atoms. The smallest absolute Gasteiger partial charge is 0.0606 e. The van der Waals surface area contributed by atoms with E-state index in [1.807, 2.05) is 0 Å². The molecule has 1 atom stereocenters. The van der Waals surface area contributed by atoms with Gasteiger partial charge >= 0.3 is 0 Å². The Kier molecular flexibility index (Phi) is 4.46. The first-order chi connectivity index (χ1) is 20.2. The lowest BCUT2D eigenvalue weighted by Crippen LogP contribution is -2.34. The third-order valence-corrected chi connectivity index (χ3v) is 9.16. The fraction of sp³-hybridized carbons (Fsp3) is 0.0526. The van der Waals surface area contributed by atoms with E-state index >= 15 is 0 Å². The van der Waals surface area contributed by atoms with Crippen LogP contribution < -0.4 is 4.90 Å². The highest BCUT2D eigenvalue weighted by Crippen LogP contribution is 2.59. The van der Waals surface area contributed by atoms with Gasteiger partial charge in [-0.25, -0.2) is 0 Å². The largest absolute Gasteiger partial charge is 0.354 e. The Morgan fingerprint density at radius 1 is 0.512 bits per heavy atom. The Labute approximate surface area is 237 Å². The molecule has 6 aromatic carbocycles. The summed E-state index contributed by atoms with van der Waals surface area (Å²) >= 11 is 0. The summed E-state index contributed by atoms with van der Waals surface area (Å²) in [5.41, 5.74) is 11.7. The second kappa shape index (κ2) is 8.12. The monoisotopic (exact) mass is 525 g/mol. The van der Waals surface area contributed by atoms with Crippen molar-refractivity contribution >= 4 is 60.7 Å². The first-order valence-electron chi connectivity index (χ1n) is 14.2. The summed E-state index contributed by atoms with van der Waals surface area (Å²) in [6.45, 7) is 2.42. The molecule has 0 saturated carbocycles. The van der Waals surface area contributed by atoms with Crippen LogP contribution in [0.15, 0.2) is 133 Å². The lowest BCUT2D eigenvalue weighted by molar-refractivity contribution is 0.690. The fourth-order valence-electron chi connectivity index (χ4n) is 7.35. The minimum atomic E-state index is -0.408. The van der Waals surface area contributed by atoms with E-state index in [1.165, 1.54) is 49.6 Å². The predicted octanol–water partition coefficient (Wildman–Crippen LogP) is 10.1. The third-order valence-electron chi connectivity index (χ3n) is 9.16. The topological polar surface area (TPSA) is 34.8 Å². The van der Waals surface area contributed by atoms with E-state index in [-0.39, 0.29) is 0 Å². The van der Waals surface area contributed by atoms with Gasteiger partial charge in [0, 0.05) is 60.3 Å². The molecule has 41 heavy (non-hydrogen) atoms. The van der Waals surface area contributed by atoms with Crippen molar-refractivity contribution in [2.75, 3.05) is 4.90 Å². The van der Waals surface area contributed by atoms with Gasteiger partial charge in [0.1, 0.15) is 0 Å². The first kappa shape index (κ1) is 22.5. The number of benzene rings is 6. The van der Waals surface area contributed by atoms with Crippen LogP contribution in [0.4, 0.5) is 17.1 Å². The molecule has 3 heteroatoms. The number of aromatic nitrogens is 2. The molecule has 0 saturated heterocycles. The molecule has 2 N–H and O–H groups in total. The van der Waals surface area contributed by atoms with Gasteiger partial charge in [0.15, 0.2) is 0 Å². The Bertz CT molecular complexity index is 2270. The molecule has 0 amide bonds. The quantitative estimate of drug-likeness (QED) is 0.231. The zero-order chi connectivity index (χ0) is 27.1. The molecule has 2 aromatic heterocycles. The second-order valence-electron chi connectivity index (χ2n) is 11.3. The fourth-order valence-corrected chi connectivity index (χ4v) is 7.35. The van der Waals surface area contributed by atoms with E-state index in [2.05, 4.69) is 155 Å². The van der Waals surface area contributed by atoms with E-state index in [0.29, 0.717) is 0 Å². The van der Waals surface area contributed by atoms with Crippen LogP contribution in [0.25, 0.3) is 43.6 Å². The highest BCUT2D eigenvalue weighted by atomic mass is 15.2. The van der Waals surface area contributed by atoms with Crippen molar-refractivity contribution in [3.63, 3.8) is 0 Å². The summed E-state index contributed by atoms with van der Waals surface area (Å²) < 4.78 is 0. The summed E-state index contributed by atoms with van der Waals surface area (Å²) in [5.74, 6) is 0. The van der Waals surface area contributed by atoms with E-state index in [0.717, 1.165) is 27.8 Å². The number of nitrogens with zero attached hydrogens (tertiary/aromatic N) is 1. The van der Waals surface area contributed by atoms with Gasteiger partial charge in [-0.2, -0.15) is 0 Å². The van der Waals surface area contributed by atoms with Gasteiger partial charge in [-0.1, -0.05) is 91.0 Å². The molecular formula is C38H27N3. The van der Waals surface area contributed by atoms with Gasteiger partial charge in [-0.15, -0.1) is 0 Å². The van der Waals surface area contributed by atoms with Crippen LogP contribution in [0, 0.1) is 0 Å². The van der Waals surface area contributed by atoms with Crippen LogP contribution >= 0.6 is 0 Å². The lowest BCUT2D eigenvalue weighted by atomic mass is 9.66. The maximum atomic E-state index is 3.72. The van der Waals surface area contributed by atoms with Crippen LogP contribution in [0.3, 0.4) is 0 Å². The number of rotatable bonds is 2. The minimum Gasteiger partial charge on any atom is -0.354 e. The maximum Gasteiger partial charge on any atom is 0.0606 e. The number of hydrogen-bond acceptors (Lipinski definition) is 1. The highest BCUT2D eigenvalue weighted by molar-refractivity contribution is 6.19. The Morgan fingerprint density at radius 2 is 1.07 bits per heavy atom. The molecule has 0 radical (unpaired) electrons. The number of nitrogens with one attached hydrogen (secondary N) is 2. The van der Waals surface area contributed by atoms with Crippen LogP contribution in [0.1, 0.15) is 23.6 Å². The summed E-state index contributed by atoms with van der Waals surface area (Å²) in [6, 6.07) is 48.4. The van der Waals surface area contributed by atoms with Gasteiger partial charge in [0.05, 0.1) is 11.4 Å². The van der Waals surface area contributed by atoms with Crippen molar-refractivity contribution < 1.29 is 0 Å². The first-order valence-corrected chi connectivity index (χ1v) is 14.2. The number of aromatic amines is 2. The number of anilines is 3. The number of H-pyrrole nitrogens is 2. The molecule has 9 rings (SSSR count). The normalized spacial score (nSPS) is 16.5. The van der Waals surface area contributed by atoms with Crippen molar-refractivity contribution in [2.24, 2.45) is 0 Å². The summed E-state index contributed by atoms with van der Waals surface area (Å²) in [4.78, 5) is 9.93. The molecule has 1 aliphatic heterocycles. The number of fused-ring (bicyclic) bond motifs is 10. The van der Waals surface area contributed by atoms with E-state index < -0.39 is 5.41 Å². The van der Waals surface area contributed by atoms with Crippen molar-refractivity contribution in [1.82, 2.24) is 9.97 Å². The molecule has 194 valence electrons. The molecular weight excluding hydrogens is 498 g/mol. The van der Waals surface area contributed by atoms with Crippen molar-refractivity contribution in [3.8, 4) is 0 Å². The molecule has 8 aromatic rings. The van der Waals surface area contributed by atoms with Crippen molar-refractivity contribution in [2.45, 2.75) is 12.3 Å². The SMILES string of the molecule is CC1(c2ccccc2)c2ccc3[nH]c4ccccc4c3c2N(c2ccccc2)c2ccc3[nH]c4ccccc4c3c21. The summed E-state index contributed by atoms with van der Waals surface area (Å²) in [6.07, 6.45) is 0. The van der Waals surface area contributed by atoms with Crippen LogP contribution in [-0.4, -0.2) is 9.97 Å². The van der Waals surface area contributed by atoms with E-state index in [4.69, 9.17) is 0 Å². The molecule has 0 bridgehead atoms. The standard InChI is InChI=1S/C38H27N3/c1-38(24-12-4-2-5-13-24)28-20-21-32-35(27-17-9-11-19-30(27)40-32)37(28)41(25-14-6-3-7-15-25)33-23-22-31-34(36(33)38)26-16-8-10-18-29(26)39-31/h2-23,39-40H,1H3. The van der Waals surface area contributed by atoms with Gasteiger partial charge < -0.3 is 14.9 Å². The van der Waals surface area contributed by atoms with E-state index in [1.54, 1.807) is 0 Å².